The van der Waals surface area contributed by atoms with Gasteiger partial charge in [0.2, 0.25) is 0 Å². The second kappa shape index (κ2) is 6.69. The number of aryl methyl sites for hydroxylation is 1. The monoisotopic (exact) mass is 223 g/mol. The lowest BCUT2D eigenvalue weighted by Gasteiger charge is -2.16. The highest BCUT2D eigenvalue weighted by Gasteiger charge is 2.11. The number of nitrogens with zero attached hydrogens (tertiary/aromatic N) is 2. The van der Waals surface area contributed by atoms with Gasteiger partial charge in [-0.2, -0.15) is 5.10 Å². The average molecular weight is 223 g/mol. The van der Waals surface area contributed by atoms with Crippen LogP contribution in [0.1, 0.15) is 51.6 Å². The summed E-state index contributed by atoms with van der Waals surface area (Å²) >= 11 is 0. The molecule has 0 amide bonds. The summed E-state index contributed by atoms with van der Waals surface area (Å²) in [6.45, 7) is 7.74. The molecular formula is C13H25N3. The van der Waals surface area contributed by atoms with Gasteiger partial charge in [-0.1, -0.05) is 33.6 Å². The lowest BCUT2D eigenvalue weighted by Crippen LogP contribution is -2.20. The fraction of sp³-hybridized carbons (Fsp3) is 0.769. The summed E-state index contributed by atoms with van der Waals surface area (Å²) < 4.78 is 1.88. The Morgan fingerprint density at radius 3 is 2.62 bits per heavy atom. The molecule has 0 radical (unpaired) electrons. The van der Waals surface area contributed by atoms with E-state index < -0.39 is 0 Å². The Balaban J connectivity index is 2.47. The van der Waals surface area contributed by atoms with E-state index in [-0.39, 0.29) is 0 Å². The lowest BCUT2D eigenvalue weighted by molar-refractivity contribution is 0.455. The van der Waals surface area contributed by atoms with Gasteiger partial charge in [-0.3, -0.25) is 4.68 Å². The van der Waals surface area contributed by atoms with E-state index in [0.29, 0.717) is 6.04 Å². The average Bonchev–Trinajstić information content (AvgIpc) is 2.63. The van der Waals surface area contributed by atoms with E-state index in [1.807, 2.05) is 17.9 Å². The van der Waals surface area contributed by atoms with E-state index in [9.17, 15) is 0 Å². The largest absolute Gasteiger partial charge is 0.310 e. The first-order valence-corrected chi connectivity index (χ1v) is 6.35. The molecule has 3 nitrogen and oxygen atoms in total. The molecule has 1 unspecified atom stereocenters. The van der Waals surface area contributed by atoms with Crippen LogP contribution in [0.2, 0.25) is 0 Å². The van der Waals surface area contributed by atoms with Crippen molar-refractivity contribution in [3.8, 4) is 0 Å². The molecule has 1 aromatic heterocycles. The first-order valence-electron chi connectivity index (χ1n) is 6.35. The van der Waals surface area contributed by atoms with E-state index in [0.717, 1.165) is 12.5 Å². The van der Waals surface area contributed by atoms with Crippen LogP contribution in [0.15, 0.2) is 12.4 Å². The highest BCUT2D eigenvalue weighted by atomic mass is 15.2. The minimum Gasteiger partial charge on any atom is -0.310 e. The van der Waals surface area contributed by atoms with Crippen molar-refractivity contribution in [3.05, 3.63) is 18.0 Å². The molecular weight excluding hydrogens is 198 g/mol. The molecule has 92 valence electrons. The third kappa shape index (κ3) is 4.35. The van der Waals surface area contributed by atoms with Crippen LogP contribution in [0.3, 0.4) is 0 Å². The zero-order chi connectivity index (χ0) is 12.0. The number of hydrogen-bond donors (Lipinski definition) is 1. The molecule has 1 rings (SSSR count). The number of aromatic nitrogens is 2. The molecule has 1 atom stereocenters. The van der Waals surface area contributed by atoms with Gasteiger partial charge in [0, 0.05) is 24.8 Å². The molecule has 0 aliphatic rings. The molecule has 0 aliphatic heterocycles. The Labute approximate surface area is 99.2 Å². The second-order valence-corrected chi connectivity index (χ2v) is 4.88. The Morgan fingerprint density at radius 1 is 1.38 bits per heavy atom. The normalized spacial score (nSPS) is 13.3. The standard InChI is InChI=1S/C13H25N3/c1-5-14-13(8-6-7-11(2)3)12-9-15-16(4)10-12/h9-11,13-14H,5-8H2,1-4H3. The first-order chi connectivity index (χ1) is 7.63. The summed E-state index contributed by atoms with van der Waals surface area (Å²) in [6, 6.07) is 0.470. The highest BCUT2D eigenvalue weighted by molar-refractivity contribution is 5.10. The van der Waals surface area contributed by atoms with Crippen LogP contribution >= 0.6 is 0 Å². The van der Waals surface area contributed by atoms with Crippen LogP contribution in [0, 0.1) is 5.92 Å². The number of nitrogens with one attached hydrogen (secondary N) is 1. The van der Waals surface area contributed by atoms with E-state index in [1.165, 1.54) is 24.8 Å². The lowest BCUT2D eigenvalue weighted by atomic mass is 10.00. The van der Waals surface area contributed by atoms with Gasteiger partial charge in [-0.15, -0.1) is 0 Å². The van der Waals surface area contributed by atoms with Crippen LogP contribution in [0.25, 0.3) is 0 Å². The molecule has 16 heavy (non-hydrogen) atoms. The molecule has 0 bridgehead atoms. The van der Waals surface area contributed by atoms with Gasteiger partial charge in [-0.05, 0) is 18.9 Å². The van der Waals surface area contributed by atoms with E-state index in [2.05, 4.69) is 37.4 Å². The van der Waals surface area contributed by atoms with E-state index >= 15 is 0 Å². The summed E-state index contributed by atoms with van der Waals surface area (Å²) in [4.78, 5) is 0. The fourth-order valence-electron chi connectivity index (χ4n) is 1.98. The molecule has 1 N–H and O–H groups in total. The van der Waals surface area contributed by atoms with Gasteiger partial charge in [0.25, 0.3) is 0 Å². The molecule has 0 saturated carbocycles. The maximum absolute atomic E-state index is 4.24. The maximum Gasteiger partial charge on any atom is 0.0537 e. The summed E-state index contributed by atoms with van der Waals surface area (Å²) in [7, 11) is 1.97. The van der Waals surface area contributed by atoms with Crippen molar-refractivity contribution >= 4 is 0 Å². The van der Waals surface area contributed by atoms with Crippen molar-refractivity contribution in [2.45, 2.75) is 46.1 Å². The Hall–Kier alpha value is -0.830. The molecule has 0 spiro atoms. The van der Waals surface area contributed by atoms with Crippen molar-refractivity contribution in [3.63, 3.8) is 0 Å². The number of hydrogen-bond acceptors (Lipinski definition) is 2. The first kappa shape index (κ1) is 13.2. The zero-order valence-electron chi connectivity index (χ0n) is 11.0. The van der Waals surface area contributed by atoms with Crippen LogP contribution in [-0.4, -0.2) is 16.3 Å². The highest BCUT2D eigenvalue weighted by Crippen LogP contribution is 2.20. The fourth-order valence-corrected chi connectivity index (χ4v) is 1.98. The van der Waals surface area contributed by atoms with Gasteiger partial charge >= 0.3 is 0 Å². The molecule has 0 fully saturated rings. The van der Waals surface area contributed by atoms with Gasteiger partial charge in [-0.25, -0.2) is 0 Å². The zero-order valence-corrected chi connectivity index (χ0v) is 11.0. The van der Waals surface area contributed by atoms with Crippen LogP contribution in [0.4, 0.5) is 0 Å². The molecule has 0 saturated heterocycles. The summed E-state index contributed by atoms with van der Waals surface area (Å²) in [5.41, 5.74) is 1.31. The smallest absolute Gasteiger partial charge is 0.0537 e. The minimum absolute atomic E-state index is 0.470. The van der Waals surface area contributed by atoms with Crippen LogP contribution in [0.5, 0.6) is 0 Å². The molecule has 0 aromatic carbocycles. The number of rotatable bonds is 7. The van der Waals surface area contributed by atoms with E-state index in [4.69, 9.17) is 0 Å². The van der Waals surface area contributed by atoms with Gasteiger partial charge in [0.1, 0.15) is 0 Å². The molecule has 1 aromatic rings. The Morgan fingerprint density at radius 2 is 2.12 bits per heavy atom. The minimum atomic E-state index is 0.470. The van der Waals surface area contributed by atoms with Crippen molar-refractivity contribution in [2.75, 3.05) is 6.54 Å². The quantitative estimate of drug-likeness (QED) is 0.770. The van der Waals surface area contributed by atoms with Crippen molar-refractivity contribution in [1.29, 1.82) is 0 Å². The predicted octanol–water partition coefficient (Wildman–Crippen LogP) is 2.90. The van der Waals surface area contributed by atoms with Gasteiger partial charge in [0.15, 0.2) is 0 Å². The van der Waals surface area contributed by atoms with E-state index in [1.54, 1.807) is 0 Å². The molecule has 1 heterocycles. The SMILES string of the molecule is CCNC(CCCC(C)C)c1cnn(C)c1. The third-order valence-corrected chi connectivity index (χ3v) is 2.85. The van der Waals surface area contributed by atoms with Crippen LogP contribution < -0.4 is 5.32 Å². The van der Waals surface area contributed by atoms with Gasteiger partial charge < -0.3 is 5.32 Å². The van der Waals surface area contributed by atoms with Crippen molar-refractivity contribution < 1.29 is 0 Å². The Kier molecular flexibility index (Phi) is 5.53. The van der Waals surface area contributed by atoms with Crippen LogP contribution in [-0.2, 0) is 7.05 Å². The topological polar surface area (TPSA) is 29.9 Å². The summed E-state index contributed by atoms with van der Waals surface area (Å²) in [5.74, 6) is 0.802. The van der Waals surface area contributed by atoms with Gasteiger partial charge in [0.05, 0.1) is 6.20 Å². The van der Waals surface area contributed by atoms with Crippen molar-refractivity contribution in [1.82, 2.24) is 15.1 Å². The van der Waals surface area contributed by atoms with Crippen molar-refractivity contribution in [2.24, 2.45) is 13.0 Å². The second-order valence-electron chi connectivity index (χ2n) is 4.88. The molecule has 0 aliphatic carbocycles. The Bertz CT molecular complexity index is 291. The maximum atomic E-state index is 4.24. The molecule has 3 heteroatoms. The third-order valence-electron chi connectivity index (χ3n) is 2.85. The summed E-state index contributed by atoms with van der Waals surface area (Å²) in [6.07, 6.45) is 7.88. The predicted molar refractivity (Wildman–Crippen MR) is 68.3 cm³/mol. The summed E-state index contributed by atoms with van der Waals surface area (Å²) in [5, 5.41) is 7.77.